The van der Waals surface area contributed by atoms with Gasteiger partial charge in [-0.25, -0.2) is 22.0 Å². The van der Waals surface area contributed by atoms with Gasteiger partial charge in [0.1, 0.15) is 4.90 Å². The fourth-order valence-electron chi connectivity index (χ4n) is 2.56. The van der Waals surface area contributed by atoms with Gasteiger partial charge in [-0.15, -0.1) is 0 Å². The van der Waals surface area contributed by atoms with E-state index in [0.717, 1.165) is 0 Å². The molecule has 0 saturated heterocycles. The van der Waals surface area contributed by atoms with Crippen molar-refractivity contribution in [2.75, 3.05) is 4.72 Å². The second-order valence-electron chi connectivity index (χ2n) is 5.80. The SMILES string of the molecule is NS(=O)(=O)c1ccccc1NS(=O)(=O)c1cccc(-c2ccc(Cl)cc2Cl)c1.[HH]. The van der Waals surface area contributed by atoms with Gasteiger partial charge in [-0.1, -0.05) is 53.5 Å². The molecule has 6 nitrogen and oxygen atoms in total. The van der Waals surface area contributed by atoms with Gasteiger partial charge in [-0.2, -0.15) is 0 Å². The molecule has 0 aliphatic carbocycles. The number of sulfonamides is 2. The summed E-state index contributed by atoms with van der Waals surface area (Å²) < 4.78 is 51.3. The predicted molar refractivity (Wildman–Crippen MR) is 113 cm³/mol. The molecule has 0 unspecified atom stereocenters. The number of hydrogen-bond acceptors (Lipinski definition) is 4. The van der Waals surface area contributed by atoms with E-state index >= 15 is 0 Å². The zero-order chi connectivity index (χ0) is 20.5. The van der Waals surface area contributed by atoms with Crippen molar-refractivity contribution in [2.45, 2.75) is 9.79 Å². The zero-order valence-electron chi connectivity index (χ0n) is 14.1. The molecule has 10 heteroatoms. The monoisotopic (exact) mass is 458 g/mol. The highest BCUT2D eigenvalue weighted by molar-refractivity contribution is 7.93. The number of anilines is 1. The van der Waals surface area contributed by atoms with Gasteiger partial charge in [0.15, 0.2) is 0 Å². The summed E-state index contributed by atoms with van der Waals surface area (Å²) in [4.78, 5) is -0.393. The van der Waals surface area contributed by atoms with Gasteiger partial charge >= 0.3 is 0 Å². The molecule has 0 saturated carbocycles. The molecule has 0 atom stereocenters. The quantitative estimate of drug-likeness (QED) is 0.592. The third-order valence-electron chi connectivity index (χ3n) is 3.82. The maximum Gasteiger partial charge on any atom is 0.261 e. The Labute approximate surface area is 174 Å². The van der Waals surface area contributed by atoms with Gasteiger partial charge in [0.2, 0.25) is 10.0 Å². The van der Waals surface area contributed by atoms with Crippen LogP contribution in [-0.2, 0) is 20.0 Å². The number of halogens is 2. The minimum absolute atomic E-state index is 0. The second-order valence-corrected chi connectivity index (χ2v) is 9.85. The summed E-state index contributed by atoms with van der Waals surface area (Å²) in [6, 6.07) is 16.4. The van der Waals surface area contributed by atoms with Crippen LogP contribution in [0.5, 0.6) is 0 Å². The van der Waals surface area contributed by atoms with Crippen LogP contribution in [0.3, 0.4) is 0 Å². The molecule has 0 heterocycles. The number of nitrogens with two attached hydrogens (primary N) is 1. The molecule has 0 aliphatic rings. The van der Waals surface area contributed by atoms with Gasteiger partial charge in [0.05, 0.1) is 10.6 Å². The summed E-state index contributed by atoms with van der Waals surface area (Å²) in [7, 11) is -8.19. The molecule has 0 fully saturated rings. The van der Waals surface area contributed by atoms with E-state index in [-0.39, 0.29) is 16.9 Å². The lowest BCUT2D eigenvalue weighted by atomic mass is 10.1. The highest BCUT2D eigenvalue weighted by Gasteiger charge is 2.20. The fourth-order valence-corrected chi connectivity index (χ4v) is 4.96. The Morgan fingerprint density at radius 2 is 1.57 bits per heavy atom. The van der Waals surface area contributed by atoms with E-state index in [1.54, 1.807) is 30.3 Å². The number of para-hydroxylation sites is 1. The van der Waals surface area contributed by atoms with E-state index in [0.29, 0.717) is 21.2 Å². The van der Waals surface area contributed by atoms with Crippen molar-refractivity contribution in [1.29, 1.82) is 0 Å². The molecule has 3 N–H and O–H groups in total. The molecule has 0 spiro atoms. The molecule has 3 aromatic carbocycles. The van der Waals surface area contributed by atoms with E-state index < -0.39 is 20.0 Å². The van der Waals surface area contributed by atoms with Crippen LogP contribution < -0.4 is 9.86 Å². The molecule has 0 amide bonds. The Morgan fingerprint density at radius 1 is 0.857 bits per heavy atom. The van der Waals surface area contributed by atoms with Gasteiger partial charge in [0, 0.05) is 17.0 Å². The molecule has 3 rings (SSSR count). The highest BCUT2D eigenvalue weighted by atomic mass is 35.5. The standard InChI is InChI=1S/C18H14Cl2N2O4S2.H2/c19-13-8-9-15(16(20)11-13)12-4-3-5-14(10-12)28(25,26)22-17-6-1-2-7-18(17)27(21,23)24;/h1-11,22H,(H2,21,23,24);1H. The molecule has 0 aromatic heterocycles. The Balaban J connectivity index is 0.00000300. The first-order valence-electron chi connectivity index (χ1n) is 7.78. The summed E-state index contributed by atoms with van der Waals surface area (Å²) in [5, 5.41) is 5.98. The third kappa shape index (κ3) is 4.48. The number of hydrogen-bond donors (Lipinski definition) is 2. The highest BCUT2D eigenvalue weighted by Crippen LogP contribution is 2.32. The van der Waals surface area contributed by atoms with E-state index in [1.165, 1.54) is 36.4 Å². The van der Waals surface area contributed by atoms with Crippen molar-refractivity contribution in [1.82, 2.24) is 0 Å². The lowest BCUT2D eigenvalue weighted by Gasteiger charge is -2.12. The third-order valence-corrected chi connectivity index (χ3v) is 6.70. The first-order chi connectivity index (χ1) is 13.1. The van der Waals surface area contributed by atoms with Crippen molar-refractivity contribution in [2.24, 2.45) is 5.14 Å². The van der Waals surface area contributed by atoms with E-state index in [2.05, 4.69) is 4.72 Å². The lowest BCUT2D eigenvalue weighted by Crippen LogP contribution is -2.18. The van der Waals surface area contributed by atoms with Gasteiger partial charge in [-0.3, -0.25) is 4.72 Å². The summed E-state index contributed by atoms with van der Waals surface area (Å²) in [6.07, 6.45) is 0. The summed E-state index contributed by atoms with van der Waals surface area (Å²) in [6.45, 7) is 0. The van der Waals surface area contributed by atoms with Crippen LogP contribution in [0.1, 0.15) is 1.43 Å². The fraction of sp³-hybridized carbons (Fsp3) is 0. The van der Waals surface area contributed by atoms with Gasteiger partial charge in [0.25, 0.3) is 10.0 Å². The van der Waals surface area contributed by atoms with Crippen molar-refractivity contribution in [3.63, 3.8) is 0 Å². The molecule has 28 heavy (non-hydrogen) atoms. The molecule has 3 aromatic rings. The molecular weight excluding hydrogens is 443 g/mol. The van der Waals surface area contributed by atoms with Crippen LogP contribution in [0.15, 0.2) is 76.5 Å². The van der Waals surface area contributed by atoms with Crippen LogP contribution in [-0.4, -0.2) is 16.8 Å². The minimum atomic E-state index is -4.11. The first kappa shape index (κ1) is 20.6. The zero-order valence-corrected chi connectivity index (χ0v) is 17.3. The molecule has 148 valence electrons. The van der Waals surface area contributed by atoms with Crippen molar-refractivity contribution in [3.8, 4) is 11.1 Å². The predicted octanol–water partition coefficient (Wildman–Crippen LogP) is 4.35. The summed E-state index contributed by atoms with van der Waals surface area (Å²) in [5.41, 5.74) is 1.03. The number of primary sulfonamides is 1. The second kappa shape index (κ2) is 7.73. The van der Waals surface area contributed by atoms with Crippen LogP contribution in [0.25, 0.3) is 11.1 Å². The lowest BCUT2D eigenvalue weighted by molar-refractivity contribution is 0.598. The molecular formula is C18H16Cl2N2O4S2. The minimum Gasteiger partial charge on any atom is -0.278 e. The maximum atomic E-state index is 12.8. The Hall–Kier alpha value is -2.10. The van der Waals surface area contributed by atoms with Crippen molar-refractivity contribution in [3.05, 3.63) is 76.8 Å². The van der Waals surface area contributed by atoms with Crippen molar-refractivity contribution >= 4 is 48.9 Å². The van der Waals surface area contributed by atoms with Crippen LogP contribution in [0.4, 0.5) is 5.69 Å². The Bertz CT molecular complexity index is 1270. The topological polar surface area (TPSA) is 106 Å². The number of rotatable bonds is 5. The summed E-state index contributed by atoms with van der Waals surface area (Å²) in [5.74, 6) is 0. The molecule has 0 bridgehead atoms. The average Bonchev–Trinajstić information content (AvgIpc) is 2.61. The van der Waals surface area contributed by atoms with Gasteiger partial charge in [-0.05, 0) is 42.0 Å². The Kier molecular flexibility index (Phi) is 5.69. The average molecular weight is 459 g/mol. The largest absolute Gasteiger partial charge is 0.278 e. The van der Waals surface area contributed by atoms with Crippen LogP contribution in [0, 0.1) is 0 Å². The van der Waals surface area contributed by atoms with Crippen LogP contribution >= 0.6 is 23.2 Å². The smallest absolute Gasteiger partial charge is 0.261 e. The summed E-state index contributed by atoms with van der Waals surface area (Å²) >= 11 is 12.1. The van der Waals surface area contributed by atoms with E-state index in [1.807, 2.05) is 0 Å². The van der Waals surface area contributed by atoms with Crippen LogP contribution in [0.2, 0.25) is 10.0 Å². The maximum absolute atomic E-state index is 12.8. The number of nitrogens with one attached hydrogen (secondary N) is 1. The molecule has 0 radical (unpaired) electrons. The molecule has 0 aliphatic heterocycles. The number of benzene rings is 3. The normalized spacial score (nSPS) is 12.0. The van der Waals surface area contributed by atoms with Gasteiger partial charge < -0.3 is 0 Å². The Morgan fingerprint density at radius 3 is 2.25 bits per heavy atom. The van der Waals surface area contributed by atoms with Crippen molar-refractivity contribution < 1.29 is 18.3 Å². The first-order valence-corrected chi connectivity index (χ1v) is 11.6. The van der Waals surface area contributed by atoms with E-state index in [9.17, 15) is 16.8 Å². The van der Waals surface area contributed by atoms with E-state index in [4.69, 9.17) is 28.3 Å².